The normalized spacial score (nSPS) is 11.2. The first-order chi connectivity index (χ1) is 7.35. The van der Waals surface area contributed by atoms with E-state index in [0.717, 1.165) is 19.8 Å². The van der Waals surface area contributed by atoms with Crippen LogP contribution in [0, 0.1) is 0 Å². The van der Waals surface area contributed by atoms with Crippen molar-refractivity contribution in [3.63, 3.8) is 0 Å². The molecule has 0 amide bonds. The third kappa shape index (κ3) is 10.2. The van der Waals surface area contributed by atoms with E-state index < -0.39 is 0 Å². The van der Waals surface area contributed by atoms with Gasteiger partial charge in [-0.25, -0.2) is 0 Å². The Morgan fingerprint density at radius 3 is 2.13 bits per heavy atom. The van der Waals surface area contributed by atoms with E-state index in [9.17, 15) is 0 Å². The molecule has 0 radical (unpaired) electrons. The summed E-state index contributed by atoms with van der Waals surface area (Å²) in [5.74, 6) is 0. The van der Waals surface area contributed by atoms with Gasteiger partial charge in [0.2, 0.25) is 0 Å². The first-order valence-electron chi connectivity index (χ1n) is 6.66. The van der Waals surface area contributed by atoms with E-state index in [4.69, 9.17) is 4.74 Å². The van der Waals surface area contributed by atoms with Crippen LogP contribution in [-0.4, -0.2) is 25.8 Å². The monoisotopic (exact) mass is 215 g/mol. The quantitative estimate of drug-likeness (QED) is 0.534. The smallest absolute Gasteiger partial charge is 0.0590 e. The lowest BCUT2D eigenvalue weighted by molar-refractivity contribution is 0.130. The lowest BCUT2D eigenvalue weighted by Gasteiger charge is -2.17. The number of nitrogens with one attached hydrogen (secondary N) is 1. The van der Waals surface area contributed by atoms with Gasteiger partial charge in [-0.05, 0) is 19.3 Å². The summed E-state index contributed by atoms with van der Waals surface area (Å²) < 4.78 is 5.52. The van der Waals surface area contributed by atoms with E-state index in [1.54, 1.807) is 0 Å². The fourth-order valence-corrected chi connectivity index (χ4v) is 1.73. The van der Waals surface area contributed by atoms with Gasteiger partial charge in [-0.3, -0.25) is 0 Å². The van der Waals surface area contributed by atoms with Gasteiger partial charge in [0, 0.05) is 19.2 Å². The van der Waals surface area contributed by atoms with E-state index in [2.05, 4.69) is 26.1 Å². The minimum atomic E-state index is 0.703. The summed E-state index contributed by atoms with van der Waals surface area (Å²) in [4.78, 5) is 0. The Balaban J connectivity index is 3.28. The highest BCUT2D eigenvalue weighted by molar-refractivity contribution is 4.64. The molecule has 2 heteroatoms. The summed E-state index contributed by atoms with van der Waals surface area (Å²) in [6, 6.07) is 0.703. The lowest BCUT2D eigenvalue weighted by atomic mass is 10.1. The number of hydrogen-bond acceptors (Lipinski definition) is 2. The molecule has 92 valence electrons. The van der Waals surface area contributed by atoms with Crippen molar-refractivity contribution >= 4 is 0 Å². The van der Waals surface area contributed by atoms with Gasteiger partial charge in [0.25, 0.3) is 0 Å². The predicted octanol–water partition coefficient (Wildman–Crippen LogP) is 3.36. The van der Waals surface area contributed by atoms with Crippen LogP contribution in [0.1, 0.15) is 59.3 Å². The first kappa shape index (κ1) is 14.9. The Hall–Kier alpha value is -0.0800. The second kappa shape index (κ2) is 12.0. The maximum atomic E-state index is 5.52. The molecule has 0 unspecified atom stereocenters. The van der Waals surface area contributed by atoms with Gasteiger partial charge >= 0.3 is 0 Å². The molecule has 1 N–H and O–H groups in total. The molecule has 0 bridgehead atoms. The molecule has 0 aromatic heterocycles. The van der Waals surface area contributed by atoms with E-state index >= 15 is 0 Å². The molecule has 15 heavy (non-hydrogen) atoms. The summed E-state index contributed by atoms with van der Waals surface area (Å²) in [5.41, 5.74) is 0. The average Bonchev–Trinajstić information content (AvgIpc) is 2.24. The Morgan fingerprint density at radius 1 is 0.933 bits per heavy atom. The van der Waals surface area contributed by atoms with Crippen LogP contribution in [0.5, 0.6) is 0 Å². The van der Waals surface area contributed by atoms with Crippen LogP contribution in [-0.2, 0) is 4.74 Å². The highest BCUT2D eigenvalue weighted by Crippen LogP contribution is 2.03. The Bertz CT molecular complexity index is 111. The molecule has 0 saturated carbocycles. The zero-order chi connectivity index (χ0) is 11.4. The van der Waals surface area contributed by atoms with Crippen molar-refractivity contribution in [3.05, 3.63) is 0 Å². The summed E-state index contributed by atoms with van der Waals surface area (Å²) in [5, 5.41) is 3.57. The standard InChI is InChI=1S/C13H29NO/c1-4-7-11-15-12-10-14-13(8-5-2)9-6-3/h13-14H,4-12H2,1-3H3. The highest BCUT2D eigenvalue weighted by Gasteiger charge is 2.04. The molecule has 0 atom stereocenters. The van der Waals surface area contributed by atoms with Crippen LogP contribution >= 0.6 is 0 Å². The Kier molecular flexibility index (Phi) is 11.9. The van der Waals surface area contributed by atoms with Gasteiger partial charge in [0.1, 0.15) is 0 Å². The van der Waals surface area contributed by atoms with E-state index in [1.807, 2.05) is 0 Å². The zero-order valence-electron chi connectivity index (χ0n) is 10.8. The van der Waals surface area contributed by atoms with Crippen molar-refractivity contribution in [2.24, 2.45) is 0 Å². The maximum Gasteiger partial charge on any atom is 0.0590 e. The Labute approximate surface area is 95.8 Å². The second-order valence-electron chi connectivity index (χ2n) is 4.19. The SMILES string of the molecule is CCCCOCCNC(CCC)CCC. The molecule has 0 aromatic rings. The fourth-order valence-electron chi connectivity index (χ4n) is 1.73. The minimum absolute atomic E-state index is 0.703. The highest BCUT2D eigenvalue weighted by atomic mass is 16.5. The number of ether oxygens (including phenoxy) is 1. The van der Waals surface area contributed by atoms with Crippen molar-refractivity contribution in [2.45, 2.75) is 65.3 Å². The van der Waals surface area contributed by atoms with Gasteiger partial charge in [0.15, 0.2) is 0 Å². The van der Waals surface area contributed by atoms with Gasteiger partial charge in [-0.15, -0.1) is 0 Å². The first-order valence-corrected chi connectivity index (χ1v) is 6.66. The number of unbranched alkanes of at least 4 members (excludes halogenated alkanes) is 1. The number of rotatable bonds is 11. The topological polar surface area (TPSA) is 21.3 Å². The van der Waals surface area contributed by atoms with Crippen LogP contribution < -0.4 is 5.32 Å². The van der Waals surface area contributed by atoms with Crippen LogP contribution in [0.4, 0.5) is 0 Å². The van der Waals surface area contributed by atoms with Crippen LogP contribution in [0.2, 0.25) is 0 Å². The van der Waals surface area contributed by atoms with Crippen molar-refractivity contribution in [1.82, 2.24) is 5.32 Å². The van der Waals surface area contributed by atoms with E-state index in [-0.39, 0.29) is 0 Å². The molecule has 0 heterocycles. The van der Waals surface area contributed by atoms with E-state index in [1.165, 1.54) is 38.5 Å². The molecular weight excluding hydrogens is 186 g/mol. The van der Waals surface area contributed by atoms with Crippen molar-refractivity contribution in [3.8, 4) is 0 Å². The van der Waals surface area contributed by atoms with Crippen molar-refractivity contribution in [1.29, 1.82) is 0 Å². The van der Waals surface area contributed by atoms with Crippen molar-refractivity contribution in [2.75, 3.05) is 19.8 Å². The fraction of sp³-hybridized carbons (Fsp3) is 1.00. The van der Waals surface area contributed by atoms with Crippen LogP contribution in [0.15, 0.2) is 0 Å². The van der Waals surface area contributed by atoms with Gasteiger partial charge < -0.3 is 10.1 Å². The molecule has 0 aromatic carbocycles. The summed E-state index contributed by atoms with van der Waals surface area (Å²) >= 11 is 0. The largest absolute Gasteiger partial charge is 0.380 e. The summed E-state index contributed by atoms with van der Waals surface area (Å²) in [6.07, 6.45) is 7.55. The van der Waals surface area contributed by atoms with Gasteiger partial charge in [0.05, 0.1) is 6.61 Å². The van der Waals surface area contributed by atoms with Crippen LogP contribution in [0.25, 0.3) is 0 Å². The molecule has 0 aliphatic rings. The third-order valence-electron chi connectivity index (χ3n) is 2.60. The molecule has 0 saturated heterocycles. The Morgan fingerprint density at radius 2 is 1.60 bits per heavy atom. The second-order valence-corrected chi connectivity index (χ2v) is 4.19. The molecule has 0 rings (SSSR count). The van der Waals surface area contributed by atoms with E-state index in [0.29, 0.717) is 6.04 Å². The number of hydrogen-bond donors (Lipinski definition) is 1. The molecule has 2 nitrogen and oxygen atoms in total. The summed E-state index contributed by atoms with van der Waals surface area (Å²) in [6.45, 7) is 9.49. The molecule has 0 aliphatic heterocycles. The van der Waals surface area contributed by atoms with Gasteiger partial charge in [-0.1, -0.05) is 40.0 Å². The molecule has 0 spiro atoms. The lowest BCUT2D eigenvalue weighted by Crippen LogP contribution is -2.31. The van der Waals surface area contributed by atoms with Gasteiger partial charge in [-0.2, -0.15) is 0 Å². The predicted molar refractivity (Wildman–Crippen MR) is 67.3 cm³/mol. The molecular formula is C13H29NO. The zero-order valence-corrected chi connectivity index (χ0v) is 10.8. The third-order valence-corrected chi connectivity index (χ3v) is 2.60. The average molecular weight is 215 g/mol. The minimum Gasteiger partial charge on any atom is -0.380 e. The molecule has 0 aliphatic carbocycles. The maximum absolute atomic E-state index is 5.52. The molecule has 0 fully saturated rings. The summed E-state index contributed by atoms with van der Waals surface area (Å²) in [7, 11) is 0. The van der Waals surface area contributed by atoms with Crippen LogP contribution in [0.3, 0.4) is 0 Å². The van der Waals surface area contributed by atoms with Crippen molar-refractivity contribution < 1.29 is 4.74 Å².